The highest BCUT2D eigenvalue weighted by atomic mass is 16.2. The number of H-pyrrole nitrogens is 1. The maximum Gasteiger partial charge on any atom is 0.244 e. The minimum absolute atomic E-state index is 0.137. The maximum absolute atomic E-state index is 11.6. The predicted molar refractivity (Wildman–Crippen MR) is 55.2 cm³/mol. The summed E-state index contributed by atoms with van der Waals surface area (Å²) in [5, 5.41) is 2.63. The molecule has 0 aliphatic carbocycles. The van der Waals surface area contributed by atoms with E-state index in [1.165, 1.54) is 18.3 Å². The number of aromatic amines is 1. The number of pyridine rings is 1. The lowest BCUT2D eigenvalue weighted by atomic mass is 10.2. The van der Waals surface area contributed by atoms with Crippen molar-refractivity contribution in [1.29, 1.82) is 0 Å². The summed E-state index contributed by atoms with van der Waals surface area (Å²) in [6.07, 6.45) is 2.24. The van der Waals surface area contributed by atoms with Crippen molar-refractivity contribution in [3.63, 3.8) is 0 Å². The number of hydrogen-bond acceptors (Lipinski definition) is 4. The van der Waals surface area contributed by atoms with Crippen LogP contribution in [0.15, 0.2) is 23.1 Å². The second-order valence-electron chi connectivity index (χ2n) is 3.34. The van der Waals surface area contributed by atoms with E-state index in [9.17, 15) is 9.59 Å². The van der Waals surface area contributed by atoms with Crippen molar-refractivity contribution >= 4 is 11.7 Å². The molecule has 1 unspecified atom stereocenters. The Bertz CT molecular complexity index is 409. The molecule has 15 heavy (non-hydrogen) atoms. The van der Waals surface area contributed by atoms with Gasteiger partial charge < -0.3 is 10.3 Å². The van der Waals surface area contributed by atoms with Gasteiger partial charge in [0.1, 0.15) is 11.9 Å². The fourth-order valence-corrected chi connectivity index (χ4v) is 1.42. The molecule has 1 amide bonds. The zero-order chi connectivity index (χ0) is 10.7. The summed E-state index contributed by atoms with van der Waals surface area (Å²) in [4.78, 5) is 25.4. The van der Waals surface area contributed by atoms with E-state index < -0.39 is 0 Å². The van der Waals surface area contributed by atoms with Crippen molar-refractivity contribution in [2.75, 3.05) is 11.9 Å². The van der Waals surface area contributed by atoms with Crippen LogP contribution in [0.5, 0.6) is 0 Å². The quantitative estimate of drug-likeness (QED) is 0.511. The Labute approximate surface area is 86.0 Å². The second kappa shape index (κ2) is 4.24. The van der Waals surface area contributed by atoms with Crippen LogP contribution < -0.4 is 21.6 Å². The number of hydrogen-bond donors (Lipinski definition) is 4. The molecular weight excluding hydrogens is 196 g/mol. The number of anilines is 1. The number of hydrazine groups is 1. The first-order valence-corrected chi connectivity index (χ1v) is 4.74. The molecule has 1 saturated heterocycles. The molecule has 1 aromatic heterocycles. The van der Waals surface area contributed by atoms with E-state index in [-0.39, 0.29) is 17.4 Å². The fourth-order valence-electron chi connectivity index (χ4n) is 1.42. The Morgan fingerprint density at radius 1 is 1.53 bits per heavy atom. The van der Waals surface area contributed by atoms with Gasteiger partial charge in [0.25, 0.3) is 0 Å². The smallest absolute Gasteiger partial charge is 0.244 e. The number of carbonyl (C=O) groups excluding carboxylic acids is 1. The zero-order valence-electron chi connectivity index (χ0n) is 8.04. The molecule has 2 rings (SSSR count). The molecular formula is C9H12N4O2. The van der Waals surface area contributed by atoms with Gasteiger partial charge in [0.05, 0.1) is 0 Å². The van der Waals surface area contributed by atoms with Crippen molar-refractivity contribution in [3.8, 4) is 0 Å². The number of amides is 1. The van der Waals surface area contributed by atoms with Crippen LogP contribution in [-0.4, -0.2) is 23.5 Å². The van der Waals surface area contributed by atoms with Gasteiger partial charge in [-0.25, -0.2) is 5.43 Å². The van der Waals surface area contributed by atoms with Crippen LogP contribution in [0.1, 0.15) is 6.42 Å². The highest BCUT2D eigenvalue weighted by molar-refractivity contribution is 5.94. The van der Waals surface area contributed by atoms with Gasteiger partial charge in [0.15, 0.2) is 5.43 Å². The van der Waals surface area contributed by atoms with Gasteiger partial charge in [0, 0.05) is 24.9 Å². The van der Waals surface area contributed by atoms with Crippen molar-refractivity contribution in [1.82, 2.24) is 15.8 Å². The molecule has 6 heteroatoms. The number of carbonyl (C=O) groups is 1. The molecule has 4 N–H and O–H groups in total. The number of rotatable bonds is 2. The molecule has 0 aromatic carbocycles. The van der Waals surface area contributed by atoms with E-state index in [4.69, 9.17) is 0 Å². The molecule has 1 aromatic rings. The SMILES string of the molecule is O=C(Nc1cc(=O)cc[nH]1)C1CCNN1. The Kier molecular flexibility index (Phi) is 2.79. The van der Waals surface area contributed by atoms with Gasteiger partial charge >= 0.3 is 0 Å². The predicted octanol–water partition coefficient (Wildman–Crippen LogP) is -0.820. The third-order valence-corrected chi connectivity index (χ3v) is 2.18. The normalized spacial score (nSPS) is 20.1. The first-order chi connectivity index (χ1) is 7.25. The molecule has 1 fully saturated rings. The molecule has 80 valence electrons. The second-order valence-corrected chi connectivity index (χ2v) is 3.34. The zero-order valence-corrected chi connectivity index (χ0v) is 8.04. The van der Waals surface area contributed by atoms with E-state index in [1.807, 2.05) is 0 Å². The monoisotopic (exact) mass is 208 g/mol. The van der Waals surface area contributed by atoms with E-state index >= 15 is 0 Å². The van der Waals surface area contributed by atoms with Crippen LogP contribution in [0.25, 0.3) is 0 Å². The summed E-state index contributed by atoms with van der Waals surface area (Å²) in [6.45, 7) is 0.767. The van der Waals surface area contributed by atoms with Crippen molar-refractivity contribution in [2.24, 2.45) is 0 Å². The first-order valence-electron chi connectivity index (χ1n) is 4.74. The van der Waals surface area contributed by atoms with Gasteiger partial charge in [-0.05, 0) is 6.42 Å². The summed E-state index contributed by atoms with van der Waals surface area (Å²) in [7, 11) is 0. The van der Waals surface area contributed by atoms with Crippen molar-refractivity contribution < 1.29 is 4.79 Å². The summed E-state index contributed by atoms with van der Waals surface area (Å²) in [5.41, 5.74) is 5.57. The summed E-state index contributed by atoms with van der Waals surface area (Å²) >= 11 is 0. The van der Waals surface area contributed by atoms with Crippen LogP contribution in [0, 0.1) is 0 Å². The molecule has 2 heterocycles. The van der Waals surface area contributed by atoms with E-state index in [2.05, 4.69) is 21.2 Å². The lowest BCUT2D eigenvalue weighted by Crippen LogP contribution is -2.39. The Balaban J connectivity index is 2.02. The third kappa shape index (κ3) is 2.42. The summed E-state index contributed by atoms with van der Waals surface area (Å²) in [5.74, 6) is 0.267. The topological polar surface area (TPSA) is 86.0 Å². The third-order valence-electron chi connectivity index (χ3n) is 2.18. The molecule has 6 nitrogen and oxygen atoms in total. The van der Waals surface area contributed by atoms with Crippen LogP contribution in [0.4, 0.5) is 5.82 Å². The average Bonchev–Trinajstić information content (AvgIpc) is 2.70. The number of aromatic nitrogens is 1. The Morgan fingerprint density at radius 2 is 2.40 bits per heavy atom. The van der Waals surface area contributed by atoms with Crippen LogP contribution in [0.3, 0.4) is 0 Å². The minimum Gasteiger partial charge on any atom is -0.348 e. The molecule has 0 bridgehead atoms. The van der Waals surface area contributed by atoms with Crippen LogP contribution in [-0.2, 0) is 4.79 Å². The summed E-state index contributed by atoms with van der Waals surface area (Å²) in [6, 6.07) is 2.50. The van der Waals surface area contributed by atoms with E-state index in [1.54, 1.807) is 0 Å². The van der Waals surface area contributed by atoms with Gasteiger partial charge in [-0.3, -0.25) is 15.0 Å². The highest BCUT2D eigenvalue weighted by Gasteiger charge is 2.21. The van der Waals surface area contributed by atoms with Crippen molar-refractivity contribution in [3.05, 3.63) is 28.6 Å². The number of nitrogens with one attached hydrogen (secondary N) is 4. The molecule has 0 radical (unpaired) electrons. The minimum atomic E-state index is -0.242. The largest absolute Gasteiger partial charge is 0.348 e. The van der Waals surface area contributed by atoms with Crippen molar-refractivity contribution in [2.45, 2.75) is 12.5 Å². The van der Waals surface area contributed by atoms with Gasteiger partial charge in [-0.1, -0.05) is 0 Å². The molecule has 0 spiro atoms. The maximum atomic E-state index is 11.6. The lowest BCUT2D eigenvalue weighted by Gasteiger charge is -2.09. The fraction of sp³-hybridized carbons (Fsp3) is 0.333. The highest BCUT2D eigenvalue weighted by Crippen LogP contribution is 2.01. The Hall–Kier alpha value is -1.66. The van der Waals surface area contributed by atoms with Gasteiger partial charge in [-0.15, -0.1) is 0 Å². The molecule has 1 aliphatic rings. The van der Waals surface area contributed by atoms with E-state index in [0.717, 1.165) is 13.0 Å². The molecule has 1 aliphatic heterocycles. The summed E-state index contributed by atoms with van der Waals surface area (Å²) < 4.78 is 0. The first kappa shape index (κ1) is 9.88. The lowest BCUT2D eigenvalue weighted by molar-refractivity contribution is -0.117. The van der Waals surface area contributed by atoms with Crippen LogP contribution in [0.2, 0.25) is 0 Å². The Morgan fingerprint density at radius 3 is 3.07 bits per heavy atom. The van der Waals surface area contributed by atoms with Crippen LogP contribution >= 0.6 is 0 Å². The van der Waals surface area contributed by atoms with E-state index in [0.29, 0.717) is 5.82 Å². The van der Waals surface area contributed by atoms with Gasteiger partial charge in [-0.2, -0.15) is 0 Å². The standard InChI is InChI=1S/C9H12N4O2/c14-6-1-3-10-8(5-6)12-9(15)7-2-4-11-13-7/h1,3,5,7,11,13H,2,4H2,(H2,10,12,14,15). The van der Waals surface area contributed by atoms with Gasteiger partial charge in [0.2, 0.25) is 5.91 Å². The molecule has 0 saturated carbocycles. The molecule has 1 atom stereocenters. The average molecular weight is 208 g/mol.